The van der Waals surface area contributed by atoms with E-state index in [9.17, 15) is 13.8 Å². The number of hydrogen-bond acceptors (Lipinski definition) is 4. The molecule has 8 heteroatoms. The molecule has 0 aliphatic carbocycles. The monoisotopic (exact) mass is 280 g/mol. The van der Waals surface area contributed by atoms with Crippen LogP contribution in [-0.4, -0.2) is 61.9 Å². The van der Waals surface area contributed by atoms with Gasteiger partial charge >= 0.3 is 12.0 Å². The average Bonchev–Trinajstić information content (AvgIpc) is 2.77. The predicted octanol–water partition coefficient (Wildman–Crippen LogP) is -0.0759. The topological polar surface area (TPSA) is 86.7 Å². The van der Waals surface area contributed by atoms with Gasteiger partial charge in [0.2, 0.25) is 0 Å². The molecule has 6 nitrogen and oxygen atoms in total. The highest BCUT2D eigenvalue weighted by Crippen LogP contribution is 2.20. The Labute approximate surface area is 107 Å². The number of nitrogens with one attached hydrogen (secondary N) is 1. The molecule has 1 fully saturated rings. The van der Waals surface area contributed by atoms with Crippen molar-refractivity contribution in [2.24, 2.45) is 0 Å². The summed E-state index contributed by atoms with van der Waals surface area (Å²) in [5.41, 5.74) is 0. The normalized spacial score (nSPS) is 21.2. The van der Waals surface area contributed by atoms with E-state index in [4.69, 9.17) is 5.11 Å². The molecular weight excluding hydrogens is 264 g/mol. The lowest BCUT2D eigenvalue weighted by atomic mass is 10.3. The van der Waals surface area contributed by atoms with Crippen molar-refractivity contribution in [3.05, 3.63) is 0 Å². The summed E-state index contributed by atoms with van der Waals surface area (Å²) in [6, 6.07) is -1.15. The Morgan fingerprint density at radius 2 is 2.29 bits per heavy atom. The molecule has 1 saturated heterocycles. The molecule has 0 bridgehead atoms. The standard InChI is InChI=1S/C9H16N2O4S2/c1-2-17(15)4-3-10-9(14)11-6-16-5-7(11)8(12)13/h7H,2-6H2,1H3,(H,10,14)(H,12,13)/t7-,17?/m0/s1. The van der Waals surface area contributed by atoms with Gasteiger partial charge in [-0.2, -0.15) is 0 Å². The van der Waals surface area contributed by atoms with Crippen LogP contribution in [0.15, 0.2) is 0 Å². The first-order valence-electron chi connectivity index (χ1n) is 5.26. The zero-order valence-corrected chi connectivity index (χ0v) is 11.2. The van der Waals surface area contributed by atoms with E-state index >= 15 is 0 Å². The van der Waals surface area contributed by atoms with Crippen LogP contribution >= 0.6 is 11.8 Å². The van der Waals surface area contributed by atoms with Crippen molar-refractivity contribution in [1.82, 2.24) is 10.2 Å². The number of carbonyl (C=O) groups excluding carboxylic acids is 1. The lowest BCUT2D eigenvalue weighted by Gasteiger charge is -2.20. The summed E-state index contributed by atoms with van der Waals surface area (Å²) in [5, 5.41) is 11.5. The van der Waals surface area contributed by atoms with E-state index in [1.54, 1.807) is 0 Å². The number of aliphatic carboxylic acids is 1. The lowest BCUT2D eigenvalue weighted by molar-refractivity contribution is -0.140. The fraction of sp³-hybridized carbons (Fsp3) is 0.778. The molecule has 0 spiro atoms. The maximum Gasteiger partial charge on any atom is 0.327 e. The second-order valence-corrected chi connectivity index (χ2v) is 6.35. The molecule has 0 aromatic rings. The Balaban J connectivity index is 2.37. The van der Waals surface area contributed by atoms with Crippen LogP contribution in [0, 0.1) is 0 Å². The number of carbonyl (C=O) groups is 2. The quantitative estimate of drug-likeness (QED) is 0.736. The van der Waals surface area contributed by atoms with Crippen LogP contribution < -0.4 is 5.32 Å². The molecule has 2 N–H and O–H groups in total. The molecule has 0 radical (unpaired) electrons. The van der Waals surface area contributed by atoms with Gasteiger partial charge in [-0.25, -0.2) is 9.59 Å². The maximum absolute atomic E-state index is 11.7. The van der Waals surface area contributed by atoms with Gasteiger partial charge in [0.15, 0.2) is 0 Å². The summed E-state index contributed by atoms with van der Waals surface area (Å²) < 4.78 is 11.1. The minimum atomic E-state index is -0.984. The number of hydrogen-bond donors (Lipinski definition) is 2. The smallest absolute Gasteiger partial charge is 0.327 e. The first-order valence-corrected chi connectivity index (χ1v) is 7.90. The average molecular weight is 280 g/mol. The Morgan fingerprint density at radius 1 is 1.59 bits per heavy atom. The van der Waals surface area contributed by atoms with E-state index in [1.807, 2.05) is 6.92 Å². The number of nitrogens with zero attached hydrogens (tertiary/aromatic N) is 1. The van der Waals surface area contributed by atoms with Gasteiger partial charge in [0.05, 0.1) is 5.88 Å². The molecule has 1 aliphatic rings. The molecule has 1 rings (SSSR count). The van der Waals surface area contributed by atoms with Gasteiger partial charge in [0.25, 0.3) is 0 Å². The lowest BCUT2D eigenvalue weighted by Crippen LogP contribution is -2.47. The zero-order chi connectivity index (χ0) is 12.8. The van der Waals surface area contributed by atoms with Crippen LogP contribution in [0.2, 0.25) is 0 Å². The summed E-state index contributed by atoms with van der Waals surface area (Å²) in [6.07, 6.45) is 0. The minimum absolute atomic E-state index is 0.312. The summed E-state index contributed by atoms with van der Waals surface area (Å²) in [4.78, 5) is 23.8. The third kappa shape index (κ3) is 4.19. The van der Waals surface area contributed by atoms with Crippen LogP contribution in [0.3, 0.4) is 0 Å². The highest BCUT2D eigenvalue weighted by molar-refractivity contribution is 7.99. The van der Waals surface area contributed by atoms with E-state index in [0.717, 1.165) is 0 Å². The summed E-state index contributed by atoms with van der Waals surface area (Å²) in [7, 11) is -0.917. The first kappa shape index (κ1) is 14.3. The SMILES string of the molecule is CCS(=O)CCNC(=O)N1CSC[C@H]1C(=O)O. The van der Waals surface area contributed by atoms with Gasteiger partial charge in [-0.15, -0.1) is 11.8 Å². The van der Waals surface area contributed by atoms with Crippen molar-refractivity contribution < 1.29 is 18.9 Å². The summed E-state index contributed by atoms with van der Waals surface area (Å²) in [6.45, 7) is 2.13. The number of thioether (sulfide) groups is 1. The van der Waals surface area contributed by atoms with E-state index in [0.29, 0.717) is 29.7 Å². The zero-order valence-electron chi connectivity index (χ0n) is 9.55. The van der Waals surface area contributed by atoms with Crippen LogP contribution in [0.4, 0.5) is 4.79 Å². The van der Waals surface area contributed by atoms with Crippen LogP contribution in [0.25, 0.3) is 0 Å². The molecule has 17 heavy (non-hydrogen) atoms. The number of carboxylic acid groups (broad SMARTS) is 1. The van der Waals surface area contributed by atoms with Crippen molar-refractivity contribution in [3.63, 3.8) is 0 Å². The second kappa shape index (κ2) is 6.85. The van der Waals surface area contributed by atoms with Gasteiger partial charge in [-0.1, -0.05) is 6.92 Å². The molecule has 1 aliphatic heterocycles. The van der Waals surface area contributed by atoms with Gasteiger partial charge < -0.3 is 15.3 Å². The highest BCUT2D eigenvalue weighted by atomic mass is 32.2. The molecule has 0 aromatic carbocycles. The minimum Gasteiger partial charge on any atom is -0.480 e. The van der Waals surface area contributed by atoms with Gasteiger partial charge in [-0.3, -0.25) is 4.21 Å². The fourth-order valence-electron chi connectivity index (χ4n) is 1.37. The Kier molecular flexibility index (Phi) is 5.76. The third-order valence-corrected chi connectivity index (χ3v) is 4.67. The highest BCUT2D eigenvalue weighted by Gasteiger charge is 2.34. The summed E-state index contributed by atoms with van der Waals surface area (Å²) in [5.74, 6) is 0.791. The van der Waals surface area contributed by atoms with E-state index in [-0.39, 0.29) is 0 Å². The Hall–Kier alpha value is -0.760. The molecule has 0 aromatic heterocycles. The molecule has 98 valence electrons. The molecular formula is C9H16N2O4S2. The van der Waals surface area contributed by atoms with E-state index < -0.39 is 28.8 Å². The van der Waals surface area contributed by atoms with Gasteiger partial charge in [-0.05, 0) is 0 Å². The number of carboxylic acids is 1. The third-order valence-electron chi connectivity index (χ3n) is 2.36. The predicted molar refractivity (Wildman–Crippen MR) is 67.5 cm³/mol. The number of amides is 2. The first-order chi connectivity index (χ1) is 8.06. The Bertz CT molecular complexity index is 324. The van der Waals surface area contributed by atoms with Gasteiger partial charge in [0, 0.05) is 34.6 Å². The van der Waals surface area contributed by atoms with Crippen LogP contribution in [0.1, 0.15) is 6.92 Å². The molecule has 2 amide bonds. The van der Waals surface area contributed by atoms with Crippen molar-refractivity contribution in [1.29, 1.82) is 0 Å². The number of rotatable bonds is 5. The van der Waals surface area contributed by atoms with Crippen molar-refractivity contribution in [3.8, 4) is 0 Å². The maximum atomic E-state index is 11.7. The Morgan fingerprint density at radius 3 is 2.88 bits per heavy atom. The van der Waals surface area contributed by atoms with E-state index in [1.165, 1.54) is 16.7 Å². The summed E-state index contributed by atoms with van der Waals surface area (Å²) >= 11 is 1.42. The second-order valence-electron chi connectivity index (χ2n) is 3.49. The van der Waals surface area contributed by atoms with Crippen molar-refractivity contribution in [2.45, 2.75) is 13.0 Å². The fourth-order valence-corrected chi connectivity index (χ4v) is 3.13. The van der Waals surface area contributed by atoms with Crippen LogP contribution in [-0.2, 0) is 15.6 Å². The molecule has 1 unspecified atom stereocenters. The molecule has 0 saturated carbocycles. The van der Waals surface area contributed by atoms with Crippen LogP contribution in [0.5, 0.6) is 0 Å². The molecule has 2 atom stereocenters. The van der Waals surface area contributed by atoms with Gasteiger partial charge in [0.1, 0.15) is 6.04 Å². The van der Waals surface area contributed by atoms with E-state index in [2.05, 4.69) is 5.32 Å². The number of urea groups is 1. The largest absolute Gasteiger partial charge is 0.480 e. The van der Waals surface area contributed by atoms with Crippen molar-refractivity contribution in [2.75, 3.05) is 29.7 Å². The van der Waals surface area contributed by atoms with Crippen molar-refractivity contribution >= 4 is 34.6 Å². The molecule has 1 heterocycles.